The molecule has 126 valence electrons. The summed E-state index contributed by atoms with van der Waals surface area (Å²) < 4.78 is 5.72. The summed E-state index contributed by atoms with van der Waals surface area (Å²) in [6, 6.07) is 14.6. The van der Waals surface area contributed by atoms with Gasteiger partial charge in [0, 0.05) is 37.9 Å². The zero-order valence-corrected chi connectivity index (χ0v) is 13.8. The molecule has 2 heterocycles. The Morgan fingerprint density at radius 3 is 2.50 bits per heavy atom. The Labute approximate surface area is 142 Å². The van der Waals surface area contributed by atoms with Crippen molar-refractivity contribution in [3.05, 3.63) is 54.0 Å². The molecule has 0 atom stereocenters. The van der Waals surface area contributed by atoms with E-state index in [9.17, 15) is 4.79 Å². The lowest BCUT2D eigenvalue weighted by molar-refractivity contribution is 0.0919. The molecule has 0 unspecified atom stereocenters. The Morgan fingerprint density at radius 1 is 1.04 bits per heavy atom. The summed E-state index contributed by atoms with van der Waals surface area (Å²) >= 11 is 0. The van der Waals surface area contributed by atoms with E-state index >= 15 is 0 Å². The molecule has 4 rings (SSSR count). The number of hydrogen-bond donors (Lipinski definition) is 1. The van der Waals surface area contributed by atoms with Crippen LogP contribution in [0.3, 0.4) is 0 Å². The van der Waals surface area contributed by atoms with Crippen LogP contribution in [0.5, 0.6) is 0 Å². The highest BCUT2D eigenvalue weighted by atomic mass is 16.4. The van der Waals surface area contributed by atoms with Crippen LogP contribution in [0.25, 0.3) is 0 Å². The zero-order valence-electron chi connectivity index (χ0n) is 13.8. The molecule has 2 aliphatic rings. The van der Waals surface area contributed by atoms with Gasteiger partial charge in [-0.2, -0.15) is 0 Å². The molecule has 1 saturated carbocycles. The van der Waals surface area contributed by atoms with Crippen LogP contribution >= 0.6 is 0 Å². The molecule has 1 N–H and O–H groups in total. The molecule has 1 aliphatic carbocycles. The van der Waals surface area contributed by atoms with Gasteiger partial charge in [0.2, 0.25) is 0 Å². The van der Waals surface area contributed by atoms with Crippen LogP contribution in [0.1, 0.15) is 29.2 Å². The van der Waals surface area contributed by atoms with Crippen molar-refractivity contribution in [1.82, 2.24) is 10.2 Å². The van der Waals surface area contributed by atoms with Crippen molar-refractivity contribution in [2.45, 2.75) is 25.4 Å². The highest BCUT2D eigenvalue weighted by Crippen LogP contribution is 2.20. The molecular formula is C19H23N3O2. The third-order valence-corrected chi connectivity index (χ3v) is 4.67. The number of benzene rings is 1. The van der Waals surface area contributed by atoms with Gasteiger partial charge in [-0.3, -0.25) is 9.69 Å². The van der Waals surface area contributed by atoms with Gasteiger partial charge in [0.05, 0.1) is 6.54 Å². The molecule has 1 aromatic heterocycles. The van der Waals surface area contributed by atoms with Gasteiger partial charge in [0.25, 0.3) is 5.91 Å². The van der Waals surface area contributed by atoms with Crippen LogP contribution in [0, 0.1) is 0 Å². The fourth-order valence-electron chi connectivity index (χ4n) is 3.09. The second kappa shape index (κ2) is 6.69. The lowest BCUT2D eigenvalue weighted by Crippen LogP contribution is -2.45. The minimum atomic E-state index is -0.0855. The number of para-hydroxylation sites is 1. The summed E-state index contributed by atoms with van der Waals surface area (Å²) in [6.45, 7) is 4.79. The number of rotatable bonds is 5. The normalized spacial score (nSPS) is 18.6. The molecule has 0 bridgehead atoms. The zero-order chi connectivity index (χ0) is 16.4. The number of hydrogen-bond acceptors (Lipinski definition) is 4. The van der Waals surface area contributed by atoms with Crippen LogP contribution < -0.4 is 10.2 Å². The van der Waals surface area contributed by atoms with Crippen molar-refractivity contribution in [2.24, 2.45) is 0 Å². The summed E-state index contributed by atoms with van der Waals surface area (Å²) in [5.41, 5.74) is 1.29. The summed E-state index contributed by atoms with van der Waals surface area (Å²) in [6.07, 6.45) is 2.18. The SMILES string of the molecule is O=C(NC1CC1)c1ccc(CN2CCN(c3ccccc3)CC2)o1. The molecule has 2 fully saturated rings. The van der Waals surface area contributed by atoms with E-state index in [0.717, 1.165) is 51.3 Å². The molecule has 1 amide bonds. The van der Waals surface area contributed by atoms with E-state index in [0.29, 0.717) is 11.8 Å². The third-order valence-electron chi connectivity index (χ3n) is 4.67. The van der Waals surface area contributed by atoms with E-state index in [4.69, 9.17) is 4.42 Å². The fraction of sp³-hybridized carbons (Fsp3) is 0.421. The monoisotopic (exact) mass is 325 g/mol. The molecular weight excluding hydrogens is 302 g/mol. The summed E-state index contributed by atoms with van der Waals surface area (Å²) in [5.74, 6) is 1.21. The highest BCUT2D eigenvalue weighted by molar-refractivity contribution is 5.91. The predicted octanol–water partition coefficient (Wildman–Crippen LogP) is 2.49. The first kappa shape index (κ1) is 15.3. The standard InChI is InChI=1S/C19H23N3O2/c23-19(20-15-6-7-15)18-9-8-17(24-18)14-21-10-12-22(13-11-21)16-4-2-1-3-5-16/h1-5,8-9,15H,6-7,10-14H2,(H,20,23). The van der Waals surface area contributed by atoms with Crippen molar-refractivity contribution >= 4 is 11.6 Å². The molecule has 1 saturated heterocycles. The summed E-state index contributed by atoms with van der Waals surface area (Å²) in [5, 5.41) is 2.96. The van der Waals surface area contributed by atoms with Gasteiger partial charge in [-0.05, 0) is 37.1 Å². The van der Waals surface area contributed by atoms with Gasteiger partial charge < -0.3 is 14.6 Å². The number of piperazine rings is 1. The van der Waals surface area contributed by atoms with Gasteiger partial charge in [-0.15, -0.1) is 0 Å². The molecule has 2 aromatic rings. The van der Waals surface area contributed by atoms with Crippen molar-refractivity contribution in [1.29, 1.82) is 0 Å². The molecule has 5 nitrogen and oxygen atoms in total. The predicted molar refractivity (Wildman–Crippen MR) is 93.1 cm³/mol. The van der Waals surface area contributed by atoms with E-state index in [2.05, 4.69) is 39.4 Å². The topological polar surface area (TPSA) is 48.7 Å². The van der Waals surface area contributed by atoms with E-state index in [1.54, 1.807) is 6.07 Å². The lowest BCUT2D eigenvalue weighted by Gasteiger charge is -2.35. The van der Waals surface area contributed by atoms with Gasteiger partial charge in [0.1, 0.15) is 5.76 Å². The Hall–Kier alpha value is -2.27. The number of anilines is 1. The van der Waals surface area contributed by atoms with Gasteiger partial charge >= 0.3 is 0 Å². The van der Waals surface area contributed by atoms with Crippen molar-refractivity contribution in [3.63, 3.8) is 0 Å². The molecule has 5 heteroatoms. The maximum Gasteiger partial charge on any atom is 0.287 e. The minimum Gasteiger partial charge on any atom is -0.455 e. The third kappa shape index (κ3) is 3.62. The Kier molecular flexibility index (Phi) is 4.26. The van der Waals surface area contributed by atoms with Gasteiger partial charge in [0.15, 0.2) is 5.76 Å². The van der Waals surface area contributed by atoms with E-state index in [1.807, 2.05) is 12.1 Å². The van der Waals surface area contributed by atoms with Gasteiger partial charge in [-0.25, -0.2) is 0 Å². The van der Waals surface area contributed by atoms with E-state index in [-0.39, 0.29) is 5.91 Å². The Balaban J connectivity index is 1.29. The first-order valence-corrected chi connectivity index (χ1v) is 8.70. The number of carbonyl (C=O) groups excluding carboxylic acids is 1. The van der Waals surface area contributed by atoms with Crippen molar-refractivity contribution < 1.29 is 9.21 Å². The van der Waals surface area contributed by atoms with E-state index < -0.39 is 0 Å². The van der Waals surface area contributed by atoms with Gasteiger partial charge in [-0.1, -0.05) is 18.2 Å². The number of nitrogens with zero attached hydrogens (tertiary/aromatic N) is 2. The Morgan fingerprint density at radius 2 is 1.79 bits per heavy atom. The minimum absolute atomic E-state index is 0.0855. The molecule has 0 radical (unpaired) electrons. The molecule has 24 heavy (non-hydrogen) atoms. The molecule has 0 spiro atoms. The number of carbonyl (C=O) groups is 1. The maximum absolute atomic E-state index is 12.0. The number of nitrogens with one attached hydrogen (secondary N) is 1. The van der Waals surface area contributed by atoms with Crippen molar-refractivity contribution in [3.8, 4) is 0 Å². The summed E-state index contributed by atoms with van der Waals surface area (Å²) in [7, 11) is 0. The van der Waals surface area contributed by atoms with Crippen LogP contribution in [0.4, 0.5) is 5.69 Å². The quantitative estimate of drug-likeness (QED) is 0.917. The fourth-order valence-corrected chi connectivity index (χ4v) is 3.09. The first-order valence-electron chi connectivity index (χ1n) is 8.70. The molecule has 1 aromatic carbocycles. The average molecular weight is 325 g/mol. The van der Waals surface area contributed by atoms with Crippen LogP contribution in [-0.2, 0) is 6.54 Å². The van der Waals surface area contributed by atoms with E-state index in [1.165, 1.54) is 5.69 Å². The Bertz CT molecular complexity index is 686. The second-order valence-electron chi connectivity index (χ2n) is 6.61. The molecule has 1 aliphatic heterocycles. The summed E-state index contributed by atoms with van der Waals surface area (Å²) in [4.78, 5) is 16.8. The van der Waals surface area contributed by atoms with Crippen LogP contribution in [0.15, 0.2) is 46.9 Å². The average Bonchev–Trinajstić information content (AvgIpc) is 3.31. The van der Waals surface area contributed by atoms with Crippen LogP contribution in [0.2, 0.25) is 0 Å². The smallest absolute Gasteiger partial charge is 0.287 e. The largest absolute Gasteiger partial charge is 0.455 e. The lowest BCUT2D eigenvalue weighted by atomic mass is 10.2. The first-order chi connectivity index (χ1) is 11.8. The highest BCUT2D eigenvalue weighted by Gasteiger charge is 2.25. The second-order valence-corrected chi connectivity index (χ2v) is 6.61. The maximum atomic E-state index is 12.0. The number of furan rings is 1. The van der Waals surface area contributed by atoms with Crippen molar-refractivity contribution in [2.75, 3.05) is 31.1 Å². The number of amides is 1. The van der Waals surface area contributed by atoms with Crippen LogP contribution in [-0.4, -0.2) is 43.0 Å².